The molecule has 0 radical (unpaired) electrons. The molecule has 1 aromatic heterocycles. The van der Waals surface area contributed by atoms with Gasteiger partial charge in [0, 0.05) is 42.1 Å². The van der Waals surface area contributed by atoms with Crippen molar-refractivity contribution >= 4 is 29.3 Å². The molecule has 2 aliphatic rings. The number of benzene rings is 2. The van der Waals surface area contributed by atoms with Crippen molar-refractivity contribution in [1.82, 2.24) is 15.1 Å². The topological polar surface area (TPSA) is 92.1 Å². The minimum Gasteiger partial charge on any atom is -0.467 e. The third-order valence-corrected chi connectivity index (χ3v) is 7.24. The summed E-state index contributed by atoms with van der Waals surface area (Å²) in [4.78, 5) is 43.4. The molecule has 192 valence electrons. The number of carbonyl (C=O) groups is 3. The quantitative estimate of drug-likeness (QED) is 0.547. The van der Waals surface area contributed by atoms with Gasteiger partial charge in [0.2, 0.25) is 5.91 Å². The summed E-state index contributed by atoms with van der Waals surface area (Å²) in [5, 5.41) is 3.36. The predicted molar refractivity (Wildman–Crippen MR) is 137 cm³/mol. The molecule has 3 amide bonds. The molecule has 1 N–H and O–H groups in total. The van der Waals surface area contributed by atoms with Gasteiger partial charge in [0.05, 0.1) is 19.4 Å². The first kappa shape index (κ1) is 25.0. The number of furan rings is 1. The van der Waals surface area contributed by atoms with E-state index in [1.165, 1.54) is 0 Å². The molecule has 3 heterocycles. The van der Waals surface area contributed by atoms with Crippen LogP contribution in [0.15, 0.2) is 71.3 Å². The SMILES string of the molecule is Cc1ccc(C(=O)N2[C@@H](C(=O)NCc3ccco3)COC23CCN(C(=O)c2cccc(Cl)c2)CC3)cc1. The summed E-state index contributed by atoms with van der Waals surface area (Å²) >= 11 is 6.07. The average Bonchev–Trinajstić information content (AvgIpc) is 3.56. The Hall–Kier alpha value is -3.62. The average molecular weight is 522 g/mol. The van der Waals surface area contributed by atoms with E-state index in [1.807, 2.05) is 19.1 Å². The van der Waals surface area contributed by atoms with E-state index in [0.717, 1.165) is 5.56 Å². The number of likely N-dealkylation sites (tertiary alicyclic amines) is 1. The Labute approximate surface area is 220 Å². The van der Waals surface area contributed by atoms with Crippen LogP contribution < -0.4 is 5.32 Å². The predicted octanol–water partition coefficient (Wildman–Crippen LogP) is 4.03. The lowest BCUT2D eigenvalue weighted by Crippen LogP contribution is -2.59. The van der Waals surface area contributed by atoms with Crippen LogP contribution in [-0.2, 0) is 16.1 Å². The maximum absolute atomic E-state index is 13.8. The summed E-state index contributed by atoms with van der Waals surface area (Å²) in [6, 6.07) is 16.8. The van der Waals surface area contributed by atoms with E-state index in [-0.39, 0.29) is 30.9 Å². The molecule has 2 aromatic carbocycles. The van der Waals surface area contributed by atoms with Crippen molar-refractivity contribution in [2.45, 2.75) is 38.1 Å². The van der Waals surface area contributed by atoms with Crippen LogP contribution in [0.1, 0.15) is 44.9 Å². The molecule has 0 aliphatic carbocycles. The number of ether oxygens (including phenoxy) is 1. The molecule has 0 saturated carbocycles. The van der Waals surface area contributed by atoms with Gasteiger partial charge in [-0.15, -0.1) is 0 Å². The van der Waals surface area contributed by atoms with Gasteiger partial charge in [0.1, 0.15) is 17.5 Å². The Kier molecular flexibility index (Phi) is 7.04. The number of nitrogens with zero attached hydrogens (tertiary/aromatic N) is 2. The Morgan fingerprint density at radius 2 is 1.76 bits per heavy atom. The van der Waals surface area contributed by atoms with Crippen LogP contribution in [0.3, 0.4) is 0 Å². The summed E-state index contributed by atoms with van der Waals surface area (Å²) in [6.07, 6.45) is 2.32. The lowest BCUT2D eigenvalue weighted by Gasteiger charge is -2.44. The Balaban J connectivity index is 1.36. The van der Waals surface area contributed by atoms with Crippen LogP contribution in [0.5, 0.6) is 0 Å². The summed E-state index contributed by atoms with van der Waals surface area (Å²) in [6.45, 7) is 2.99. The highest BCUT2D eigenvalue weighted by Gasteiger charge is 2.54. The molecule has 2 aliphatic heterocycles. The maximum Gasteiger partial charge on any atom is 0.256 e. The number of piperidine rings is 1. The van der Waals surface area contributed by atoms with E-state index in [1.54, 1.807) is 64.6 Å². The van der Waals surface area contributed by atoms with Crippen LogP contribution >= 0.6 is 11.6 Å². The number of halogens is 1. The fourth-order valence-corrected chi connectivity index (χ4v) is 5.16. The normalized spacial score (nSPS) is 18.7. The smallest absolute Gasteiger partial charge is 0.256 e. The fraction of sp³-hybridized carbons (Fsp3) is 0.321. The van der Waals surface area contributed by atoms with Gasteiger partial charge in [-0.2, -0.15) is 0 Å². The second kappa shape index (κ2) is 10.4. The summed E-state index contributed by atoms with van der Waals surface area (Å²) in [7, 11) is 0. The highest BCUT2D eigenvalue weighted by Crippen LogP contribution is 2.39. The van der Waals surface area contributed by atoms with Crippen molar-refractivity contribution in [2.75, 3.05) is 19.7 Å². The summed E-state index contributed by atoms with van der Waals surface area (Å²) in [5.41, 5.74) is 1.04. The molecule has 2 fully saturated rings. The van der Waals surface area contributed by atoms with E-state index in [2.05, 4.69) is 5.32 Å². The molecule has 0 bridgehead atoms. The van der Waals surface area contributed by atoms with E-state index < -0.39 is 11.8 Å². The third-order valence-electron chi connectivity index (χ3n) is 7.00. The molecule has 2 saturated heterocycles. The molecule has 1 atom stereocenters. The molecule has 5 rings (SSSR count). The molecular weight excluding hydrogens is 494 g/mol. The molecule has 1 spiro atoms. The number of nitrogens with one attached hydrogen (secondary N) is 1. The number of hydrogen-bond donors (Lipinski definition) is 1. The van der Waals surface area contributed by atoms with Gasteiger partial charge < -0.3 is 19.4 Å². The van der Waals surface area contributed by atoms with Gasteiger partial charge in [-0.3, -0.25) is 19.3 Å². The van der Waals surface area contributed by atoms with E-state index in [0.29, 0.717) is 47.8 Å². The highest BCUT2D eigenvalue weighted by molar-refractivity contribution is 6.30. The van der Waals surface area contributed by atoms with Gasteiger partial charge in [-0.05, 0) is 49.4 Å². The minimum absolute atomic E-state index is 0.0732. The molecule has 0 unspecified atom stereocenters. The largest absolute Gasteiger partial charge is 0.467 e. The van der Waals surface area contributed by atoms with Gasteiger partial charge in [0.25, 0.3) is 11.8 Å². The van der Waals surface area contributed by atoms with Crippen molar-refractivity contribution < 1.29 is 23.5 Å². The highest BCUT2D eigenvalue weighted by atomic mass is 35.5. The summed E-state index contributed by atoms with van der Waals surface area (Å²) in [5.74, 6) is -0.0952. The van der Waals surface area contributed by atoms with Crippen molar-refractivity contribution in [3.63, 3.8) is 0 Å². The number of aryl methyl sites for hydroxylation is 1. The molecule has 9 heteroatoms. The molecule has 3 aromatic rings. The molecule has 37 heavy (non-hydrogen) atoms. The second-order valence-electron chi connectivity index (χ2n) is 9.41. The minimum atomic E-state index is -0.986. The zero-order valence-corrected chi connectivity index (χ0v) is 21.2. The summed E-state index contributed by atoms with van der Waals surface area (Å²) < 4.78 is 11.6. The zero-order valence-electron chi connectivity index (χ0n) is 20.5. The van der Waals surface area contributed by atoms with E-state index >= 15 is 0 Å². The van der Waals surface area contributed by atoms with Gasteiger partial charge in [0.15, 0.2) is 0 Å². The van der Waals surface area contributed by atoms with Crippen LogP contribution in [-0.4, -0.2) is 59.0 Å². The van der Waals surface area contributed by atoms with Crippen LogP contribution in [0.2, 0.25) is 5.02 Å². The monoisotopic (exact) mass is 521 g/mol. The van der Waals surface area contributed by atoms with Crippen molar-refractivity contribution in [3.8, 4) is 0 Å². The van der Waals surface area contributed by atoms with Crippen LogP contribution in [0.25, 0.3) is 0 Å². The second-order valence-corrected chi connectivity index (χ2v) is 9.85. The van der Waals surface area contributed by atoms with Gasteiger partial charge in [-0.1, -0.05) is 35.4 Å². The Morgan fingerprint density at radius 1 is 1.00 bits per heavy atom. The van der Waals surface area contributed by atoms with E-state index in [4.69, 9.17) is 20.8 Å². The van der Waals surface area contributed by atoms with Crippen LogP contribution in [0, 0.1) is 6.92 Å². The Bertz CT molecular complexity index is 1280. The van der Waals surface area contributed by atoms with Crippen molar-refractivity contribution in [1.29, 1.82) is 0 Å². The molecular formula is C28H28ClN3O5. The number of rotatable bonds is 5. The molecule has 8 nitrogen and oxygen atoms in total. The Morgan fingerprint density at radius 3 is 2.43 bits per heavy atom. The maximum atomic E-state index is 13.8. The van der Waals surface area contributed by atoms with Crippen LogP contribution in [0.4, 0.5) is 0 Å². The van der Waals surface area contributed by atoms with Gasteiger partial charge >= 0.3 is 0 Å². The first-order chi connectivity index (χ1) is 17.9. The zero-order chi connectivity index (χ0) is 26.0. The number of carbonyl (C=O) groups excluding carboxylic acids is 3. The van der Waals surface area contributed by atoms with E-state index in [9.17, 15) is 14.4 Å². The van der Waals surface area contributed by atoms with Crippen molar-refractivity contribution in [2.24, 2.45) is 0 Å². The fourth-order valence-electron chi connectivity index (χ4n) is 4.97. The standard InChI is InChI=1S/C28H28ClN3O5/c1-19-7-9-20(10-8-19)27(35)32-24(25(33)30-17-23-6-3-15-36-23)18-37-28(32)11-13-31(14-12-28)26(34)21-4-2-5-22(29)16-21/h2-10,15-16,24H,11-14,17-18H2,1H3,(H,30,33)/t24-/m1/s1. The lowest BCUT2D eigenvalue weighted by atomic mass is 9.96. The lowest BCUT2D eigenvalue weighted by molar-refractivity contribution is -0.128. The third kappa shape index (κ3) is 5.12. The van der Waals surface area contributed by atoms with Crippen molar-refractivity contribution in [3.05, 3.63) is 94.4 Å². The number of hydrogen-bond acceptors (Lipinski definition) is 5. The van der Waals surface area contributed by atoms with Gasteiger partial charge in [-0.25, -0.2) is 0 Å². The first-order valence-corrected chi connectivity index (χ1v) is 12.6. The number of amides is 3. The first-order valence-electron chi connectivity index (χ1n) is 12.3.